The van der Waals surface area contributed by atoms with Crippen LogP contribution in [0.3, 0.4) is 0 Å². The average Bonchev–Trinajstić information content (AvgIpc) is 3.24. The molecule has 9 heteroatoms. The minimum Gasteiger partial charge on any atom is -0.619 e. The minimum absolute atomic E-state index is 0.00986. The van der Waals surface area contributed by atoms with Crippen LogP contribution in [0.25, 0.3) is 0 Å². The number of ether oxygens (including phenoxy) is 1. The molecule has 2 heterocycles. The molecule has 2 aliphatic rings. The van der Waals surface area contributed by atoms with Crippen molar-refractivity contribution < 1.29 is 27.5 Å². The molecule has 0 radical (unpaired) electrons. The van der Waals surface area contributed by atoms with Crippen molar-refractivity contribution >= 4 is 21.7 Å². The van der Waals surface area contributed by atoms with Crippen molar-refractivity contribution in [1.29, 1.82) is 0 Å². The lowest BCUT2D eigenvalue weighted by Crippen LogP contribution is -2.48. The number of rotatable bonds is 5. The van der Waals surface area contributed by atoms with Gasteiger partial charge >= 0.3 is 5.97 Å². The van der Waals surface area contributed by atoms with Crippen LogP contribution in [0.5, 0.6) is 0 Å². The normalized spacial score (nSPS) is 22.2. The zero-order valence-corrected chi connectivity index (χ0v) is 15.2. The first kappa shape index (κ1) is 18.6. The number of nitrogens with zero attached hydrogens (tertiary/aromatic N) is 2. The molecule has 26 heavy (non-hydrogen) atoms. The smallest absolute Gasteiger partial charge is 0.339 e. The van der Waals surface area contributed by atoms with Crippen molar-refractivity contribution in [3.63, 3.8) is 0 Å². The number of carbonyl (C=O) groups excluding carboxylic acids is 2. The van der Waals surface area contributed by atoms with E-state index >= 15 is 0 Å². The number of hydrogen-bond donors (Lipinski definition) is 0. The molecule has 1 aromatic heterocycles. The lowest BCUT2D eigenvalue weighted by Gasteiger charge is -2.33. The summed E-state index contributed by atoms with van der Waals surface area (Å²) in [5.41, 5.74) is 0.181. The third kappa shape index (κ3) is 4.32. The van der Waals surface area contributed by atoms with Crippen molar-refractivity contribution in [1.82, 2.24) is 4.90 Å². The molecule has 3 rings (SSSR count). The predicted molar refractivity (Wildman–Crippen MR) is 91.8 cm³/mol. The average molecular weight is 382 g/mol. The Balaban J connectivity index is 1.65. The molecule has 1 aliphatic carbocycles. The van der Waals surface area contributed by atoms with Crippen molar-refractivity contribution in [3.05, 3.63) is 35.3 Å². The van der Waals surface area contributed by atoms with E-state index in [1.54, 1.807) is 4.90 Å². The first-order chi connectivity index (χ1) is 12.4. The molecule has 1 amide bonds. The van der Waals surface area contributed by atoms with Gasteiger partial charge in [0.25, 0.3) is 5.91 Å². The van der Waals surface area contributed by atoms with Crippen molar-refractivity contribution in [2.24, 2.45) is 0 Å². The van der Waals surface area contributed by atoms with Gasteiger partial charge in [0.1, 0.15) is 0 Å². The number of hydrogen-bond acceptors (Lipinski definition) is 6. The monoisotopic (exact) mass is 382 g/mol. The Bertz CT molecular complexity index is 771. The van der Waals surface area contributed by atoms with Gasteiger partial charge in [0.05, 0.1) is 17.1 Å². The summed E-state index contributed by atoms with van der Waals surface area (Å²) >= 11 is 0. The Morgan fingerprint density at radius 3 is 2.38 bits per heavy atom. The number of amides is 1. The number of aromatic nitrogens is 1. The van der Waals surface area contributed by atoms with E-state index in [2.05, 4.69) is 0 Å². The predicted octanol–water partition coefficient (Wildman–Crippen LogP) is 0.435. The molecule has 8 nitrogen and oxygen atoms in total. The van der Waals surface area contributed by atoms with Crippen LogP contribution in [0.1, 0.15) is 42.5 Å². The molecule has 0 bridgehead atoms. The van der Waals surface area contributed by atoms with Gasteiger partial charge in [-0.3, -0.25) is 4.79 Å². The van der Waals surface area contributed by atoms with E-state index in [4.69, 9.17) is 4.74 Å². The lowest BCUT2D eigenvalue weighted by atomic mass is 10.1. The summed E-state index contributed by atoms with van der Waals surface area (Å²) in [6, 6.07) is 2.30. The van der Waals surface area contributed by atoms with E-state index in [9.17, 15) is 23.2 Å². The van der Waals surface area contributed by atoms with Crippen molar-refractivity contribution in [2.75, 3.05) is 18.1 Å². The van der Waals surface area contributed by atoms with E-state index in [1.807, 2.05) is 0 Å². The minimum atomic E-state index is -3.12. The molecule has 1 atom stereocenters. The fourth-order valence-corrected chi connectivity index (χ4v) is 5.43. The third-order valence-corrected chi connectivity index (χ3v) is 6.72. The van der Waals surface area contributed by atoms with Gasteiger partial charge in [-0.05, 0) is 19.3 Å². The second-order valence-corrected chi connectivity index (χ2v) is 9.05. The number of carbonyl (C=O) groups is 2. The van der Waals surface area contributed by atoms with Gasteiger partial charge in [0.15, 0.2) is 28.8 Å². The number of esters is 1. The molecule has 1 saturated heterocycles. The largest absolute Gasteiger partial charge is 0.619 e. The van der Waals surface area contributed by atoms with Gasteiger partial charge in [-0.1, -0.05) is 12.8 Å². The van der Waals surface area contributed by atoms with Gasteiger partial charge in [-0.2, -0.15) is 4.73 Å². The Kier molecular flexibility index (Phi) is 5.45. The third-order valence-electron chi connectivity index (χ3n) is 4.97. The van der Waals surface area contributed by atoms with Crippen LogP contribution in [0, 0.1) is 5.21 Å². The molecule has 2 fully saturated rings. The Hall–Kier alpha value is -2.16. The van der Waals surface area contributed by atoms with E-state index in [1.165, 1.54) is 24.5 Å². The Labute approximate surface area is 152 Å². The highest BCUT2D eigenvalue weighted by molar-refractivity contribution is 7.91. The van der Waals surface area contributed by atoms with Crippen LogP contribution in [0.2, 0.25) is 0 Å². The zero-order valence-electron chi connectivity index (χ0n) is 14.4. The number of pyridine rings is 1. The van der Waals surface area contributed by atoms with Gasteiger partial charge in [-0.25, -0.2) is 13.2 Å². The van der Waals surface area contributed by atoms with Crippen LogP contribution in [0.4, 0.5) is 0 Å². The highest BCUT2D eigenvalue weighted by Crippen LogP contribution is 2.29. The zero-order chi connectivity index (χ0) is 18.7. The molecule has 1 saturated carbocycles. The number of sulfone groups is 1. The van der Waals surface area contributed by atoms with Crippen molar-refractivity contribution in [2.45, 2.75) is 44.2 Å². The van der Waals surface area contributed by atoms with Crippen LogP contribution in [-0.2, 0) is 19.4 Å². The molecule has 0 N–H and O–H groups in total. The molecule has 1 aliphatic heterocycles. The highest BCUT2D eigenvalue weighted by atomic mass is 32.2. The standard InChI is InChI=1S/C17H22N2O6S/c20-16(11-25-17(21)13-5-8-18(22)9-6-13)19(14-3-1-2-4-14)15-7-10-26(23,24)12-15/h5-6,8-9,14-15H,1-4,7,10-12H2/t15-/m1/s1. The van der Waals surface area contributed by atoms with Gasteiger partial charge in [0, 0.05) is 24.2 Å². The molecular weight excluding hydrogens is 360 g/mol. The highest BCUT2D eigenvalue weighted by Gasteiger charge is 2.39. The van der Waals surface area contributed by atoms with E-state index in [-0.39, 0.29) is 35.1 Å². The molecule has 1 aromatic rings. The first-order valence-corrected chi connectivity index (χ1v) is 10.6. The summed E-state index contributed by atoms with van der Waals surface area (Å²) in [6.45, 7) is -0.432. The second kappa shape index (κ2) is 7.61. The van der Waals surface area contributed by atoms with E-state index < -0.39 is 22.4 Å². The first-order valence-electron chi connectivity index (χ1n) is 8.73. The summed E-state index contributed by atoms with van der Waals surface area (Å²) in [6.07, 6.45) is 6.48. The topological polar surface area (TPSA) is 108 Å². The van der Waals surface area contributed by atoms with Crippen LogP contribution in [0.15, 0.2) is 24.5 Å². The quantitative estimate of drug-likeness (QED) is 0.415. The van der Waals surface area contributed by atoms with Crippen LogP contribution >= 0.6 is 0 Å². The summed E-state index contributed by atoms with van der Waals surface area (Å²) in [4.78, 5) is 26.4. The summed E-state index contributed by atoms with van der Waals surface area (Å²) in [5, 5.41) is 11.0. The summed E-state index contributed by atoms with van der Waals surface area (Å²) in [7, 11) is -3.12. The second-order valence-electron chi connectivity index (χ2n) is 6.82. The summed E-state index contributed by atoms with van der Waals surface area (Å²) < 4.78 is 29.3. The molecule has 142 valence electrons. The molecule has 0 unspecified atom stereocenters. The Morgan fingerprint density at radius 2 is 1.81 bits per heavy atom. The van der Waals surface area contributed by atoms with Gasteiger partial charge < -0.3 is 14.8 Å². The fourth-order valence-electron chi connectivity index (χ4n) is 3.72. The summed E-state index contributed by atoms with van der Waals surface area (Å²) in [5.74, 6) is -0.982. The van der Waals surface area contributed by atoms with Crippen molar-refractivity contribution in [3.8, 4) is 0 Å². The molecule has 0 spiro atoms. The van der Waals surface area contributed by atoms with Gasteiger partial charge in [-0.15, -0.1) is 0 Å². The van der Waals surface area contributed by atoms with Crippen LogP contribution in [-0.4, -0.2) is 55.4 Å². The van der Waals surface area contributed by atoms with E-state index in [0.29, 0.717) is 11.2 Å². The Morgan fingerprint density at radius 1 is 1.15 bits per heavy atom. The van der Waals surface area contributed by atoms with Gasteiger partial charge in [0.2, 0.25) is 0 Å². The fraction of sp³-hybridized carbons (Fsp3) is 0.588. The maximum atomic E-state index is 12.7. The maximum absolute atomic E-state index is 12.7. The SMILES string of the molecule is O=C(OCC(=O)N(C1CCCC1)[C@@H]1CCS(=O)(=O)C1)c1cc[n+]([O-])cc1. The molecule has 0 aromatic carbocycles. The van der Waals surface area contributed by atoms with Crippen LogP contribution < -0.4 is 4.73 Å². The maximum Gasteiger partial charge on any atom is 0.339 e. The molecular formula is C17H22N2O6S. The van der Waals surface area contributed by atoms with E-state index in [0.717, 1.165) is 25.7 Å². The lowest BCUT2D eigenvalue weighted by molar-refractivity contribution is -0.605.